The molecule has 0 aliphatic rings. The van der Waals surface area contributed by atoms with E-state index >= 15 is 0 Å². The lowest BCUT2D eigenvalue weighted by Crippen LogP contribution is -2.16. The lowest BCUT2D eigenvalue weighted by Gasteiger charge is -2.08. The van der Waals surface area contributed by atoms with Crippen molar-refractivity contribution in [1.82, 2.24) is 5.32 Å². The van der Waals surface area contributed by atoms with Crippen LogP contribution in [0.2, 0.25) is 0 Å². The molecular weight excluding hydrogens is 210 g/mol. The summed E-state index contributed by atoms with van der Waals surface area (Å²) in [5, 5.41) is 3.34. The molecule has 2 heteroatoms. The first kappa shape index (κ1) is 11.9. The van der Waals surface area contributed by atoms with E-state index < -0.39 is 0 Å². The Bertz CT molecular complexity index is 487. The molecule has 2 aromatic rings. The van der Waals surface area contributed by atoms with Crippen LogP contribution in [0.4, 0.5) is 0 Å². The van der Waals surface area contributed by atoms with E-state index in [0.29, 0.717) is 0 Å². The highest BCUT2D eigenvalue weighted by molar-refractivity contribution is 5.58. The molecule has 0 spiro atoms. The predicted molar refractivity (Wildman–Crippen MR) is 71.0 cm³/mol. The predicted octanol–water partition coefficient (Wildman–Crippen LogP) is 3.93. The van der Waals surface area contributed by atoms with Crippen LogP contribution in [0.25, 0.3) is 11.3 Å². The first-order valence-electron chi connectivity index (χ1n) is 6.11. The summed E-state index contributed by atoms with van der Waals surface area (Å²) in [5.41, 5.74) is 2.39. The van der Waals surface area contributed by atoms with Crippen molar-refractivity contribution in [2.24, 2.45) is 0 Å². The summed E-state index contributed by atoms with van der Waals surface area (Å²) >= 11 is 0. The van der Waals surface area contributed by atoms with Gasteiger partial charge in [-0.25, -0.2) is 0 Å². The molecule has 2 rings (SSSR count). The van der Waals surface area contributed by atoms with Gasteiger partial charge in [-0.05, 0) is 38.6 Å². The Balaban J connectivity index is 2.23. The Morgan fingerprint density at radius 2 is 2.06 bits per heavy atom. The second kappa shape index (κ2) is 5.19. The average Bonchev–Trinajstić information content (AvgIpc) is 2.78. The fourth-order valence-electron chi connectivity index (χ4n) is 1.95. The zero-order valence-corrected chi connectivity index (χ0v) is 10.7. The van der Waals surface area contributed by atoms with Gasteiger partial charge in [-0.15, -0.1) is 0 Å². The molecule has 0 aliphatic carbocycles. The summed E-state index contributed by atoms with van der Waals surface area (Å²) in [6.45, 7) is 7.25. The molecule has 2 nitrogen and oxygen atoms in total. The molecule has 1 unspecified atom stereocenters. The number of aryl methyl sites for hydroxylation is 1. The van der Waals surface area contributed by atoms with Crippen LogP contribution in [0.5, 0.6) is 0 Å². The third kappa shape index (κ3) is 2.77. The monoisotopic (exact) mass is 229 g/mol. The van der Waals surface area contributed by atoms with Crippen molar-refractivity contribution in [2.75, 3.05) is 6.54 Å². The summed E-state index contributed by atoms with van der Waals surface area (Å²) in [5.74, 6) is 1.93. The van der Waals surface area contributed by atoms with Crippen LogP contribution in [0.3, 0.4) is 0 Å². The van der Waals surface area contributed by atoms with Gasteiger partial charge in [0.15, 0.2) is 0 Å². The first-order chi connectivity index (χ1) is 8.20. The lowest BCUT2D eigenvalue weighted by molar-refractivity contribution is 0.445. The van der Waals surface area contributed by atoms with E-state index in [1.165, 1.54) is 5.56 Å². The van der Waals surface area contributed by atoms with E-state index in [2.05, 4.69) is 50.4 Å². The van der Waals surface area contributed by atoms with Crippen LogP contribution in [0, 0.1) is 6.92 Å². The fraction of sp³-hybridized carbons (Fsp3) is 0.333. The molecule has 0 aliphatic heterocycles. The number of furan rings is 1. The van der Waals surface area contributed by atoms with Crippen molar-refractivity contribution >= 4 is 0 Å². The molecule has 0 bridgehead atoms. The van der Waals surface area contributed by atoms with E-state index in [1.54, 1.807) is 0 Å². The molecule has 0 fully saturated rings. The molecule has 0 amide bonds. The van der Waals surface area contributed by atoms with Gasteiger partial charge in [0, 0.05) is 5.56 Å². The van der Waals surface area contributed by atoms with Crippen molar-refractivity contribution in [3.05, 3.63) is 47.7 Å². The lowest BCUT2D eigenvalue weighted by atomic mass is 10.1. The Morgan fingerprint density at radius 3 is 2.76 bits per heavy atom. The topological polar surface area (TPSA) is 25.2 Å². The fourth-order valence-corrected chi connectivity index (χ4v) is 1.95. The summed E-state index contributed by atoms with van der Waals surface area (Å²) in [4.78, 5) is 0. The third-order valence-electron chi connectivity index (χ3n) is 2.87. The van der Waals surface area contributed by atoms with Crippen molar-refractivity contribution < 1.29 is 4.42 Å². The van der Waals surface area contributed by atoms with Gasteiger partial charge in [-0.1, -0.05) is 30.7 Å². The van der Waals surface area contributed by atoms with Gasteiger partial charge in [0.05, 0.1) is 6.04 Å². The van der Waals surface area contributed by atoms with Crippen LogP contribution >= 0.6 is 0 Å². The Kier molecular flexibility index (Phi) is 3.64. The highest BCUT2D eigenvalue weighted by atomic mass is 16.3. The summed E-state index contributed by atoms with van der Waals surface area (Å²) < 4.78 is 5.88. The van der Waals surface area contributed by atoms with E-state index in [-0.39, 0.29) is 6.04 Å². The van der Waals surface area contributed by atoms with Crippen molar-refractivity contribution in [2.45, 2.75) is 26.8 Å². The molecule has 1 aromatic heterocycles. The normalized spacial score (nSPS) is 12.6. The standard InChI is InChI=1S/C15H19NO/c1-4-16-12(3)14-8-9-15(17-14)13-7-5-6-11(2)10-13/h5-10,12,16H,4H2,1-3H3. The molecule has 90 valence electrons. The van der Waals surface area contributed by atoms with Crippen molar-refractivity contribution in [3.63, 3.8) is 0 Å². The maximum atomic E-state index is 5.88. The van der Waals surface area contributed by atoms with E-state index in [4.69, 9.17) is 4.42 Å². The number of benzene rings is 1. The van der Waals surface area contributed by atoms with E-state index in [9.17, 15) is 0 Å². The van der Waals surface area contributed by atoms with Gasteiger partial charge in [0.1, 0.15) is 11.5 Å². The summed E-state index contributed by atoms with van der Waals surface area (Å²) in [7, 11) is 0. The first-order valence-corrected chi connectivity index (χ1v) is 6.11. The maximum absolute atomic E-state index is 5.88. The Morgan fingerprint density at radius 1 is 1.24 bits per heavy atom. The molecule has 0 saturated carbocycles. The quantitative estimate of drug-likeness (QED) is 0.859. The van der Waals surface area contributed by atoms with Crippen molar-refractivity contribution in [3.8, 4) is 11.3 Å². The highest BCUT2D eigenvalue weighted by Crippen LogP contribution is 2.25. The zero-order valence-electron chi connectivity index (χ0n) is 10.7. The van der Waals surface area contributed by atoms with Gasteiger partial charge >= 0.3 is 0 Å². The Hall–Kier alpha value is -1.54. The number of nitrogens with one attached hydrogen (secondary N) is 1. The number of rotatable bonds is 4. The largest absolute Gasteiger partial charge is 0.459 e. The molecule has 17 heavy (non-hydrogen) atoms. The third-order valence-corrected chi connectivity index (χ3v) is 2.87. The van der Waals surface area contributed by atoms with Crippen molar-refractivity contribution in [1.29, 1.82) is 0 Å². The van der Waals surface area contributed by atoms with Crippen LogP contribution in [0.15, 0.2) is 40.8 Å². The second-order valence-electron chi connectivity index (χ2n) is 4.35. The molecule has 1 heterocycles. The van der Waals surface area contributed by atoms with Crippen LogP contribution < -0.4 is 5.32 Å². The van der Waals surface area contributed by atoms with Gasteiger partial charge in [0.25, 0.3) is 0 Å². The Labute approximate surface area is 103 Å². The SMILES string of the molecule is CCNC(C)c1ccc(-c2cccc(C)c2)o1. The highest BCUT2D eigenvalue weighted by Gasteiger charge is 2.10. The smallest absolute Gasteiger partial charge is 0.134 e. The minimum Gasteiger partial charge on any atom is -0.459 e. The van der Waals surface area contributed by atoms with Gasteiger partial charge in [-0.3, -0.25) is 0 Å². The second-order valence-corrected chi connectivity index (χ2v) is 4.35. The molecule has 1 atom stereocenters. The summed E-state index contributed by atoms with van der Waals surface area (Å²) in [6, 6.07) is 12.7. The molecule has 1 N–H and O–H groups in total. The zero-order chi connectivity index (χ0) is 12.3. The van der Waals surface area contributed by atoms with Crippen LogP contribution in [-0.2, 0) is 0 Å². The van der Waals surface area contributed by atoms with Crippen LogP contribution in [-0.4, -0.2) is 6.54 Å². The molecule has 0 radical (unpaired) electrons. The minimum atomic E-state index is 0.263. The summed E-state index contributed by atoms with van der Waals surface area (Å²) in [6.07, 6.45) is 0. The van der Waals surface area contributed by atoms with E-state index in [0.717, 1.165) is 23.6 Å². The molecular formula is C15H19NO. The minimum absolute atomic E-state index is 0.263. The van der Waals surface area contributed by atoms with Gasteiger partial charge < -0.3 is 9.73 Å². The number of hydrogen-bond donors (Lipinski definition) is 1. The van der Waals surface area contributed by atoms with E-state index in [1.807, 2.05) is 12.1 Å². The maximum Gasteiger partial charge on any atom is 0.134 e. The molecule has 0 saturated heterocycles. The van der Waals surface area contributed by atoms with Gasteiger partial charge in [-0.2, -0.15) is 0 Å². The average molecular weight is 229 g/mol. The van der Waals surface area contributed by atoms with Gasteiger partial charge in [0.2, 0.25) is 0 Å². The number of hydrogen-bond acceptors (Lipinski definition) is 2. The van der Waals surface area contributed by atoms with Crippen LogP contribution in [0.1, 0.15) is 31.2 Å². The molecule has 1 aromatic carbocycles.